The van der Waals surface area contributed by atoms with Gasteiger partial charge in [0.25, 0.3) is 5.89 Å². The maximum atomic E-state index is 13.1. The average molecular weight is 213 g/mol. The van der Waals surface area contributed by atoms with Gasteiger partial charge in [0.2, 0.25) is 5.89 Å². The monoisotopic (exact) mass is 213 g/mol. The zero-order valence-corrected chi connectivity index (χ0v) is 8.21. The van der Waals surface area contributed by atoms with Crippen molar-refractivity contribution in [3.63, 3.8) is 0 Å². The number of rotatable bonds is 2. The fraction of sp³-hybridized carbons (Fsp3) is 0.250. The normalized spacial score (nSPS) is 13.1. The molecule has 0 saturated carbocycles. The fourth-order valence-corrected chi connectivity index (χ4v) is 1.64. The van der Waals surface area contributed by atoms with Gasteiger partial charge in [-0.15, -0.1) is 21.5 Å². The quantitative estimate of drug-likeness (QED) is 0.828. The molecule has 0 radical (unpaired) electrons. The van der Waals surface area contributed by atoms with Gasteiger partial charge in [-0.3, -0.25) is 0 Å². The minimum absolute atomic E-state index is 0.185. The summed E-state index contributed by atoms with van der Waals surface area (Å²) in [5.74, 6) is 0.146. The van der Waals surface area contributed by atoms with Crippen molar-refractivity contribution in [3.05, 3.63) is 23.2 Å². The Kier molecular flexibility index (Phi) is 2.30. The molecule has 0 aliphatic carbocycles. The summed E-state index contributed by atoms with van der Waals surface area (Å²) >= 11 is 1.22. The van der Waals surface area contributed by atoms with Crippen LogP contribution in [0.15, 0.2) is 15.9 Å². The second-order valence-electron chi connectivity index (χ2n) is 2.83. The molecule has 2 aromatic heterocycles. The van der Waals surface area contributed by atoms with Crippen molar-refractivity contribution in [1.29, 1.82) is 0 Å². The molecule has 0 aromatic carbocycles. The van der Waals surface area contributed by atoms with E-state index in [9.17, 15) is 4.39 Å². The number of thiophene rings is 1. The van der Waals surface area contributed by atoms with Crippen LogP contribution in [0.4, 0.5) is 4.39 Å². The van der Waals surface area contributed by atoms with Crippen LogP contribution in [-0.4, -0.2) is 10.2 Å². The predicted molar refractivity (Wildman–Crippen MR) is 50.2 cm³/mol. The topological polar surface area (TPSA) is 64.9 Å². The summed E-state index contributed by atoms with van der Waals surface area (Å²) in [6.07, 6.45) is 0. The molecule has 74 valence electrons. The Morgan fingerprint density at radius 2 is 2.36 bits per heavy atom. The zero-order valence-electron chi connectivity index (χ0n) is 7.40. The maximum absolute atomic E-state index is 13.1. The van der Waals surface area contributed by atoms with Gasteiger partial charge in [0.15, 0.2) is 0 Å². The van der Waals surface area contributed by atoms with E-state index in [-0.39, 0.29) is 17.7 Å². The van der Waals surface area contributed by atoms with Crippen molar-refractivity contribution in [2.24, 2.45) is 5.73 Å². The van der Waals surface area contributed by atoms with Crippen LogP contribution in [-0.2, 0) is 0 Å². The van der Waals surface area contributed by atoms with E-state index in [0.29, 0.717) is 10.8 Å². The van der Waals surface area contributed by atoms with E-state index in [1.54, 1.807) is 12.3 Å². The Balaban J connectivity index is 2.39. The van der Waals surface area contributed by atoms with E-state index in [0.717, 1.165) is 0 Å². The van der Waals surface area contributed by atoms with Gasteiger partial charge in [-0.2, -0.15) is 0 Å². The Morgan fingerprint density at radius 1 is 1.57 bits per heavy atom. The Morgan fingerprint density at radius 3 is 2.86 bits per heavy atom. The van der Waals surface area contributed by atoms with Crippen LogP contribution in [0, 0.1) is 5.82 Å². The molecule has 0 aliphatic rings. The first-order chi connectivity index (χ1) is 6.68. The molecule has 0 saturated heterocycles. The van der Waals surface area contributed by atoms with E-state index in [4.69, 9.17) is 10.2 Å². The van der Waals surface area contributed by atoms with Crippen LogP contribution in [0.25, 0.3) is 10.8 Å². The van der Waals surface area contributed by atoms with Crippen LogP contribution in [0.3, 0.4) is 0 Å². The molecule has 1 atom stereocenters. The van der Waals surface area contributed by atoms with E-state index in [1.807, 2.05) is 0 Å². The van der Waals surface area contributed by atoms with Crippen molar-refractivity contribution in [1.82, 2.24) is 10.2 Å². The lowest BCUT2D eigenvalue weighted by Gasteiger charge is -1.94. The van der Waals surface area contributed by atoms with Crippen molar-refractivity contribution in [2.45, 2.75) is 13.0 Å². The molecule has 6 heteroatoms. The number of halogens is 1. The summed E-state index contributed by atoms with van der Waals surface area (Å²) in [4.78, 5) is 0.351. The standard InChI is InChI=1S/C8H8FN3OS/c1-4(10)7-11-12-8(13-7)6-5(9)2-3-14-6/h2-4H,10H2,1H3. The summed E-state index contributed by atoms with van der Waals surface area (Å²) < 4.78 is 18.3. The highest BCUT2D eigenvalue weighted by molar-refractivity contribution is 7.13. The molecule has 1 unspecified atom stereocenters. The van der Waals surface area contributed by atoms with Crippen molar-refractivity contribution < 1.29 is 8.81 Å². The molecule has 2 N–H and O–H groups in total. The minimum atomic E-state index is -0.352. The fourth-order valence-electron chi connectivity index (χ4n) is 0.957. The number of hydrogen-bond donors (Lipinski definition) is 1. The SMILES string of the molecule is CC(N)c1nnc(-c2sccc2F)o1. The van der Waals surface area contributed by atoms with Crippen LogP contribution in [0.5, 0.6) is 0 Å². The molecular weight excluding hydrogens is 205 g/mol. The van der Waals surface area contributed by atoms with Crippen LogP contribution >= 0.6 is 11.3 Å². The molecule has 2 heterocycles. The summed E-state index contributed by atoms with van der Waals surface area (Å²) in [6.45, 7) is 1.72. The minimum Gasteiger partial charge on any atom is -0.418 e. The molecule has 2 rings (SSSR count). The Labute approximate surface area is 83.6 Å². The predicted octanol–water partition coefficient (Wildman–Crippen LogP) is 1.96. The van der Waals surface area contributed by atoms with E-state index < -0.39 is 0 Å². The third-order valence-electron chi connectivity index (χ3n) is 1.64. The van der Waals surface area contributed by atoms with Gasteiger partial charge in [0, 0.05) is 0 Å². The van der Waals surface area contributed by atoms with E-state index >= 15 is 0 Å². The highest BCUT2D eigenvalue weighted by atomic mass is 32.1. The molecule has 2 aromatic rings. The highest BCUT2D eigenvalue weighted by Gasteiger charge is 2.15. The lowest BCUT2D eigenvalue weighted by Crippen LogP contribution is -2.04. The molecule has 14 heavy (non-hydrogen) atoms. The lowest BCUT2D eigenvalue weighted by atomic mass is 10.4. The van der Waals surface area contributed by atoms with Gasteiger partial charge in [-0.25, -0.2) is 4.39 Å². The Hall–Kier alpha value is -1.27. The zero-order chi connectivity index (χ0) is 10.1. The third kappa shape index (κ3) is 1.53. The van der Waals surface area contributed by atoms with Gasteiger partial charge in [-0.05, 0) is 18.4 Å². The molecule has 0 spiro atoms. The number of nitrogens with two attached hydrogens (primary N) is 1. The number of nitrogens with zero attached hydrogens (tertiary/aromatic N) is 2. The van der Waals surface area contributed by atoms with Gasteiger partial charge in [0.05, 0.1) is 6.04 Å². The third-order valence-corrected chi connectivity index (χ3v) is 2.52. The largest absolute Gasteiger partial charge is 0.418 e. The average Bonchev–Trinajstić information content (AvgIpc) is 2.71. The molecule has 0 fully saturated rings. The summed E-state index contributed by atoms with van der Waals surface area (Å²) in [7, 11) is 0. The molecule has 0 aliphatic heterocycles. The van der Waals surface area contributed by atoms with Gasteiger partial charge >= 0.3 is 0 Å². The van der Waals surface area contributed by atoms with Gasteiger partial charge < -0.3 is 10.2 Å². The molecule has 0 amide bonds. The second-order valence-corrected chi connectivity index (χ2v) is 3.75. The maximum Gasteiger partial charge on any atom is 0.260 e. The van der Waals surface area contributed by atoms with Crippen LogP contribution in [0.1, 0.15) is 18.9 Å². The lowest BCUT2D eigenvalue weighted by molar-refractivity contribution is 0.472. The molecule has 0 bridgehead atoms. The van der Waals surface area contributed by atoms with Crippen molar-refractivity contribution in [2.75, 3.05) is 0 Å². The second kappa shape index (κ2) is 3.47. The van der Waals surface area contributed by atoms with E-state index in [1.165, 1.54) is 17.4 Å². The van der Waals surface area contributed by atoms with Crippen LogP contribution < -0.4 is 5.73 Å². The molecular formula is C8H8FN3OS. The highest BCUT2D eigenvalue weighted by Crippen LogP contribution is 2.27. The first-order valence-electron chi connectivity index (χ1n) is 4.01. The van der Waals surface area contributed by atoms with Crippen molar-refractivity contribution in [3.8, 4) is 10.8 Å². The van der Waals surface area contributed by atoms with E-state index in [2.05, 4.69) is 10.2 Å². The van der Waals surface area contributed by atoms with Crippen molar-refractivity contribution >= 4 is 11.3 Å². The number of hydrogen-bond acceptors (Lipinski definition) is 5. The first kappa shape index (κ1) is 9.29. The first-order valence-corrected chi connectivity index (χ1v) is 4.89. The van der Waals surface area contributed by atoms with Gasteiger partial charge in [-0.1, -0.05) is 0 Å². The van der Waals surface area contributed by atoms with Gasteiger partial charge in [0.1, 0.15) is 10.7 Å². The number of aromatic nitrogens is 2. The van der Waals surface area contributed by atoms with Crippen LogP contribution in [0.2, 0.25) is 0 Å². The summed E-state index contributed by atoms with van der Waals surface area (Å²) in [5.41, 5.74) is 5.53. The smallest absolute Gasteiger partial charge is 0.260 e. The summed E-state index contributed by atoms with van der Waals surface area (Å²) in [6, 6.07) is 1.02. The molecule has 4 nitrogen and oxygen atoms in total. The summed E-state index contributed by atoms with van der Waals surface area (Å²) in [5, 5.41) is 9.05. The Bertz CT molecular complexity index is 437.